The van der Waals surface area contributed by atoms with Crippen LogP contribution in [0.2, 0.25) is 5.02 Å². The Morgan fingerprint density at radius 3 is 2.62 bits per heavy atom. The van der Waals surface area contributed by atoms with E-state index in [1.54, 1.807) is 17.0 Å². The summed E-state index contributed by atoms with van der Waals surface area (Å²) in [6.07, 6.45) is 2.91. The maximum Gasteiger partial charge on any atom is 0.322 e. The SMILES string of the molecule is CC1CCN(c2nc3c(c(Oc4ccccc4)n2)CN(C(=O)Nc2cccc(Cl)c2)CC3)CC1. The van der Waals surface area contributed by atoms with Gasteiger partial charge in [0.25, 0.3) is 0 Å². The molecule has 2 aliphatic rings. The lowest BCUT2D eigenvalue weighted by Gasteiger charge is -2.33. The number of urea groups is 1. The molecule has 7 nitrogen and oxygen atoms in total. The molecule has 1 fully saturated rings. The number of nitrogens with zero attached hydrogens (tertiary/aromatic N) is 4. The number of ether oxygens (including phenoxy) is 1. The van der Waals surface area contributed by atoms with Gasteiger partial charge < -0.3 is 19.9 Å². The number of hydrogen-bond donors (Lipinski definition) is 1. The number of anilines is 2. The third-order valence-electron chi connectivity index (χ3n) is 6.40. The molecule has 176 valence electrons. The molecule has 0 radical (unpaired) electrons. The van der Waals surface area contributed by atoms with Gasteiger partial charge >= 0.3 is 6.03 Å². The number of piperidine rings is 1. The van der Waals surface area contributed by atoms with E-state index in [-0.39, 0.29) is 6.03 Å². The third-order valence-corrected chi connectivity index (χ3v) is 6.63. The monoisotopic (exact) mass is 477 g/mol. The predicted octanol–water partition coefficient (Wildman–Crippen LogP) is 5.75. The highest BCUT2D eigenvalue weighted by Gasteiger charge is 2.28. The molecule has 0 bridgehead atoms. The average Bonchev–Trinajstić information content (AvgIpc) is 2.85. The van der Waals surface area contributed by atoms with Crippen LogP contribution in [0.1, 0.15) is 31.0 Å². The first-order chi connectivity index (χ1) is 16.5. The molecule has 2 aromatic carbocycles. The molecule has 3 aromatic rings. The maximum absolute atomic E-state index is 13.0. The lowest BCUT2D eigenvalue weighted by Crippen LogP contribution is -2.40. The zero-order valence-electron chi connectivity index (χ0n) is 19.2. The highest BCUT2D eigenvalue weighted by Crippen LogP contribution is 2.32. The second-order valence-corrected chi connectivity index (χ2v) is 9.39. The van der Waals surface area contributed by atoms with E-state index in [0.29, 0.717) is 47.8 Å². The first-order valence-electron chi connectivity index (χ1n) is 11.7. The summed E-state index contributed by atoms with van der Waals surface area (Å²) in [6.45, 7) is 5.12. The van der Waals surface area contributed by atoms with Crippen molar-refractivity contribution in [2.45, 2.75) is 32.7 Å². The Bertz CT molecular complexity index is 1170. The molecule has 2 aliphatic heterocycles. The molecule has 1 N–H and O–H groups in total. The number of hydrogen-bond acceptors (Lipinski definition) is 5. The second kappa shape index (κ2) is 9.89. The lowest BCUT2D eigenvalue weighted by molar-refractivity contribution is 0.205. The maximum atomic E-state index is 13.0. The Morgan fingerprint density at radius 2 is 1.85 bits per heavy atom. The van der Waals surface area contributed by atoms with Gasteiger partial charge in [-0.2, -0.15) is 4.98 Å². The standard InChI is InChI=1S/C26H28ClN5O2/c1-18-10-13-31(14-11-18)25-29-23-12-15-32(26(33)28-20-7-5-6-19(27)16-20)17-22(23)24(30-25)34-21-8-3-2-4-9-21/h2-9,16,18H,10-15,17H2,1H3,(H,28,33). The normalized spacial score (nSPS) is 16.2. The minimum atomic E-state index is -0.187. The number of fused-ring (bicyclic) bond motifs is 1. The quantitative estimate of drug-likeness (QED) is 0.518. The van der Waals surface area contributed by atoms with Crippen LogP contribution in [0.3, 0.4) is 0 Å². The van der Waals surface area contributed by atoms with E-state index >= 15 is 0 Å². The second-order valence-electron chi connectivity index (χ2n) is 8.95. The van der Waals surface area contributed by atoms with Gasteiger partial charge in [0.15, 0.2) is 0 Å². The van der Waals surface area contributed by atoms with Crippen LogP contribution in [0.5, 0.6) is 11.6 Å². The fourth-order valence-electron chi connectivity index (χ4n) is 4.35. The fourth-order valence-corrected chi connectivity index (χ4v) is 4.54. The third kappa shape index (κ3) is 5.09. The summed E-state index contributed by atoms with van der Waals surface area (Å²) in [7, 11) is 0. The van der Waals surface area contributed by atoms with Crippen molar-refractivity contribution in [2.24, 2.45) is 5.92 Å². The average molecular weight is 478 g/mol. The fraction of sp³-hybridized carbons (Fsp3) is 0.346. The molecule has 0 aliphatic carbocycles. The number of halogens is 1. The van der Waals surface area contributed by atoms with Gasteiger partial charge in [0.05, 0.1) is 17.8 Å². The molecule has 5 rings (SSSR count). The molecule has 2 amide bonds. The van der Waals surface area contributed by atoms with Crippen LogP contribution >= 0.6 is 11.6 Å². The number of para-hydroxylation sites is 1. The topological polar surface area (TPSA) is 70.6 Å². The van der Waals surface area contributed by atoms with E-state index in [2.05, 4.69) is 17.1 Å². The van der Waals surface area contributed by atoms with Gasteiger partial charge in [-0.25, -0.2) is 9.78 Å². The summed E-state index contributed by atoms with van der Waals surface area (Å²) in [6, 6.07) is 16.6. The number of benzene rings is 2. The van der Waals surface area contributed by atoms with Crippen molar-refractivity contribution in [3.63, 3.8) is 0 Å². The van der Waals surface area contributed by atoms with Crippen LogP contribution in [0, 0.1) is 5.92 Å². The molecule has 0 saturated carbocycles. The van der Waals surface area contributed by atoms with E-state index in [0.717, 1.165) is 43.1 Å². The Morgan fingerprint density at radius 1 is 1.06 bits per heavy atom. The highest BCUT2D eigenvalue weighted by molar-refractivity contribution is 6.30. The minimum absolute atomic E-state index is 0.187. The molecule has 0 atom stereocenters. The summed E-state index contributed by atoms with van der Waals surface area (Å²) in [5.74, 6) is 2.67. The molecule has 3 heterocycles. The summed E-state index contributed by atoms with van der Waals surface area (Å²) < 4.78 is 6.24. The van der Waals surface area contributed by atoms with Gasteiger partial charge in [-0.3, -0.25) is 0 Å². The molecule has 34 heavy (non-hydrogen) atoms. The van der Waals surface area contributed by atoms with Crippen molar-refractivity contribution in [1.29, 1.82) is 0 Å². The van der Waals surface area contributed by atoms with Gasteiger partial charge in [-0.15, -0.1) is 0 Å². The van der Waals surface area contributed by atoms with Gasteiger partial charge in [0, 0.05) is 36.8 Å². The van der Waals surface area contributed by atoms with Gasteiger partial charge in [0.2, 0.25) is 11.8 Å². The predicted molar refractivity (Wildman–Crippen MR) is 134 cm³/mol. The van der Waals surface area contributed by atoms with E-state index in [4.69, 9.17) is 26.3 Å². The van der Waals surface area contributed by atoms with Crippen molar-refractivity contribution >= 4 is 29.3 Å². The Labute approximate surface area is 204 Å². The van der Waals surface area contributed by atoms with Crippen LogP contribution in [-0.4, -0.2) is 40.5 Å². The van der Waals surface area contributed by atoms with Gasteiger partial charge in [0.1, 0.15) is 5.75 Å². The zero-order valence-corrected chi connectivity index (χ0v) is 20.0. The van der Waals surface area contributed by atoms with Crippen LogP contribution in [-0.2, 0) is 13.0 Å². The Balaban J connectivity index is 1.41. The smallest absolute Gasteiger partial charge is 0.322 e. The summed E-state index contributed by atoms with van der Waals surface area (Å²) in [4.78, 5) is 26.7. The molecule has 0 spiro atoms. The lowest BCUT2D eigenvalue weighted by atomic mass is 9.99. The molecule has 8 heteroatoms. The number of amides is 2. The summed E-state index contributed by atoms with van der Waals surface area (Å²) in [5.41, 5.74) is 2.46. The van der Waals surface area contributed by atoms with Crippen LogP contribution in [0.25, 0.3) is 0 Å². The minimum Gasteiger partial charge on any atom is -0.438 e. The molecular formula is C26H28ClN5O2. The van der Waals surface area contributed by atoms with Crippen molar-refractivity contribution in [3.05, 3.63) is 70.9 Å². The van der Waals surface area contributed by atoms with E-state index in [9.17, 15) is 4.79 Å². The van der Waals surface area contributed by atoms with Gasteiger partial charge in [-0.05, 0) is 49.1 Å². The summed E-state index contributed by atoms with van der Waals surface area (Å²) >= 11 is 6.06. The zero-order chi connectivity index (χ0) is 23.5. The van der Waals surface area contributed by atoms with E-state index in [1.807, 2.05) is 42.5 Å². The highest BCUT2D eigenvalue weighted by atomic mass is 35.5. The van der Waals surface area contributed by atoms with E-state index < -0.39 is 0 Å². The first-order valence-corrected chi connectivity index (χ1v) is 12.1. The van der Waals surface area contributed by atoms with Crippen LogP contribution in [0.4, 0.5) is 16.4 Å². The van der Waals surface area contributed by atoms with Crippen LogP contribution < -0.4 is 15.0 Å². The Kier molecular flexibility index (Phi) is 6.54. The van der Waals surface area contributed by atoms with Crippen molar-refractivity contribution < 1.29 is 9.53 Å². The van der Waals surface area contributed by atoms with Crippen molar-refractivity contribution in [1.82, 2.24) is 14.9 Å². The number of nitrogens with one attached hydrogen (secondary N) is 1. The van der Waals surface area contributed by atoms with E-state index in [1.165, 1.54) is 0 Å². The molecule has 0 unspecified atom stereocenters. The number of aromatic nitrogens is 2. The molecule has 1 aromatic heterocycles. The van der Waals surface area contributed by atoms with Crippen molar-refractivity contribution in [3.8, 4) is 11.6 Å². The number of carbonyl (C=O) groups is 1. The number of carbonyl (C=O) groups excluding carboxylic acids is 1. The van der Waals surface area contributed by atoms with Gasteiger partial charge in [-0.1, -0.05) is 42.8 Å². The summed E-state index contributed by atoms with van der Waals surface area (Å²) in [5, 5.41) is 3.51. The number of rotatable bonds is 4. The molecule has 1 saturated heterocycles. The first kappa shape index (κ1) is 22.5. The Hall–Kier alpha value is -3.32. The largest absolute Gasteiger partial charge is 0.438 e. The molecular weight excluding hydrogens is 450 g/mol. The van der Waals surface area contributed by atoms with Crippen LogP contribution in [0.15, 0.2) is 54.6 Å². The van der Waals surface area contributed by atoms with Crippen molar-refractivity contribution in [2.75, 3.05) is 29.9 Å².